The number of carbonyl (C=O) groups excluding carboxylic acids is 2. The average Bonchev–Trinajstić information content (AvgIpc) is 3.16. The molecule has 0 aliphatic carbocycles. The van der Waals surface area contributed by atoms with Crippen LogP contribution in [0.15, 0.2) is 48.5 Å². The van der Waals surface area contributed by atoms with Crippen LogP contribution < -0.4 is 10.6 Å². The number of benzene rings is 2. The zero-order valence-corrected chi connectivity index (χ0v) is 16.8. The van der Waals surface area contributed by atoms with Crippen LogP contribution in [0.3, 0.4) is 0 Å². The van der Waals surface area contributed by atoms with Crippen molar-refractivity contribution in [1.29, 1.82) is 0 Å². The van der Waals surface area contributed by atoms with E-state index in [-0.39, 0.29) is 10.9 Å². The van der Waals surface area contributed by atoms with Crippen molar-refractivity contribution in [2.75, 3.05) is 5.32 Å². The Balaban J connectivity index is 1.41. The lowest BCUT2D eigenvalue weighted by Gasteiger charge is -2.05. The minimum absolute atomic E-state index is 0.0277. The van der Waals surface area contributed by atoms with Gasteiger partial charge in [0.1, 0.15) is 10.8 Å². The molecule has 0 atom stereocenters. The number of amides is 2. The zero-order chi connectivity index (χ0) is 20.6. The van der Waals surface area contributed by atoms with Gasteiger partial charge in [-0.2, -0.15) is 0 Å². The van der Waals surface area contributed by atoms with E-state index in [1.807, 2.05) is 31.2 Å². The number of anilines is 1. The molecule has 150 valence electrons. The van der Waals surface area contributed by atoms with Gasteiger partial charge in [0.25, 0.3) is 5.91 Å². The fraction of sp³-hybridized carbons (Fsp3) is 0.238. The second kappa shape index (κ2) is 9.88. The molecule has 0 saturated heterocycles. The van der Waals surface area contributed by atoms with Crippen LogP contribution in [0.4, 0.5) is 10.1 Å². The summed E-state index contributed by atoms with van der Waals surface area (Å²) in [5, 5.41) is 14.2. The molecule has 6 nitrogen and oxygen atoms in total. The number of hydrogen-bond acceptors (Lipinski definition) is 5. The van der Waals surface area contributed by atoms with E-state index in [1.165, 1.54) is 29.5 Å². The van der Waals surface area contributed by atoms with Gasteiger partial charge in [-0.25, -0.2) is 4.39 Å². The Kier molecular flexibility index (Phi) is 7.02. The predicted octanol–water partition coefficient (Wildman–Crippen LogP) is 3.88. The van der Waals surface area contributed by atoms with Crippen LogP contribution in [0.5, 0.6) is 0 Å². The van der Waals surface area contributed by atoms with Crippen molar-refractivity contribution in [1.82, 2.24) is 15.5 Å². The molecule has 2 N–H and O–H groups in total. The van der Waals surface area contributed by atoms with E-state index in [0.717, 1.165) is 11.1 Å². The second-order valence-corrected chi connectivity index (χ2v) is 7.65. The summed E-state index contributed by atoms with van der Waals surface area (Å²) >= 11 is 1.17. The second-order valence-electron chi connectivity index (χ2n) is 6.58. The molecule has 0 saturated carbocycles. The number of aromatic nitrogens is 2. The minimum atomic E-state index is -0.435. The van der Waals surface area contributed by atoms with Crippen molar-refractivity contribution < 1.29 is 14.0 Å². The van der Waals surface area contributed by atoms with Gasteiger partial charge in [-0.3, -0.25) is 9.59 Å². The maximum atomic E-state index is 13.2. The van der Waals surface area contributed by atoms with Crippen LogP contribution in [-0.4, -0.2) is 22.0 Å². The first-order chi connectivity index (χ1) is 14.0. The first-order valence-corrected chi connectivity index (χ1v) is 10.0. The van der Waals surface area contributed by atoms with Crippen molar-refractivity contribution in [3.63, 3.8) is 0 Å². The summed E-state index contributed by atoms with van der Waals surface area (Å²) in [7, 11) is 0. The molecule has 0 spiro atoms. The van der Waals surface area contributed by atoms with Gasteiger partial charge in [0, 0.05) is 25.1 Å². The van der Waals surface area contributed by atoms with Gasteiger partial charge in [0.2, 0.25) is 10.9 Å². The largest absolute Gasteiger partial charge is 0.352 e. The first kappa shape index (κ1) is 20.6. The molecule has 3 rings (SSSR count). The smallest absolute Gasteiger partial charge is 0.286 e. The third kappa shape index (κ3) is 6.46. The summed E-state index contributed by atoms with van der Waals surface area (Å²) < 4.78 is 13.2. The Labute approximate surface area is 172 Å². The van der Waals surface area contributed by atoms with Crippen LogP contribution in [0.25, 0.3) is 0 Å². The van der Waals surface area contributed by atoms with E-state index < -0.39 is 11.7 Å². The van der Waals surface area contributed by atoms with E-state index in [0.29, 0.717) is 36.5 Å². The zero-order valence-electron chi connectivity index (χ0n) is 15.9. The van der Waals surface area contributed by atoms with Crippen LogP contribution in [0.2, 0.25) is 0 Å². The maximum absolute atomic E-state index is 13.2. The Morgan fingerprint density at radius 2 is 1.93 bits per heavy atom. The monoisotopic (exact) mass is 412 g/mol. The predicted molar refractivity (Wildman–Crippen MR) is 110 cm³/mol. The van der Waals surface area contributed by atoms with Crippen molar-refractivity contribution in [2.24, 2.45) is 0 Å². The summed E-state index contributed by atoms with van der Waals surface area (Å²) in [6.45, 7) is 2.52. The Bertz CT molecular complexity index is 1010. The van der Waals surface area contributed by atoms with Gasteiger partial charge < -0.3 is 10.6 Å². The summed E-state index contributed by atoms with van der Waals surface area (Å²) in [5.41, 5.74) is 2.58. The molecule has 2 aromatic carbocycles. The molecule has 29 heavy (non-hydrogen) atoms. The van der Waals surface area contributed by atoms with Gasteiger partial charge in [-0.15, -0.1) is 10.2 Å². The molecule has 8 heteroatoms. The lowest BCUT2D eigenvalue weighted by Crippen LogP contribution is -2.22. The van der Waals surface area contributed by atoms with Crippen LogP contribution in [-0.2, 0) is 17.8 Å². The number of nitrogens with one attached hydrogen (secondary N) is 2. The highest BCUT2D eigenvalue weighted by atomic mass is 32.1. The number of rotatable bonds is 8. The molecular formula is C21H21FN4O2S. The van der Waals surface area contributed by atoms with Crippen molar-refractivity contribution in [2.45, 2.75) is 32.7 Å². The molecule has 0 radical (unpaired) electrons. The third-order valence-corrected chi connectivity index (χ3v) is 5.09. The molecule has 0 unspecified atom stereocenters. The molecule has 2 amide bonds. The highest BCUT2D eigenvalue weighted by Gasteiger charge is 2.13. The van der Waals surface area contributed by atoms with E-state index in [2.05, 4.69) is 20.8 Å². The highest BCUT2D eigenvalue weighted by molar-refractivity contribution is 7.13. The molecule has 0 aliphatic rings. The highest BCUT2D eigenvalue weighted by Crippen LogP contribution is 2.16. The number of hydrogen-bond donors (Lipinski definition) is 2. The van der Waals surface area contributed by atoms with Crippen molar-refractivity contribution in [3.8, 4) is 0 Å². The molecule has 1 aromatic heterocycles. The summed E-state index contributed by atoms with van der Waals surface area (Å²) in [6, 6.07) is 13.6. The number of aryl methyl sites for hydroxylation is 2. The normalized spacial score (nSPS) is 10.6. The van der Waals surface area contributed by atoms with E-state index >= 15 is 0 Å². The van der Waals surface area contributed by atoms with Crippen LogP contribution >= 0.6 is 11.3 Å². The summed E-state index contributed by atoms with van der Waals surface area (Å²) in [6.07, 6.45) is 1.54. The molecule has 3 aromatic rings. The lowest BCUT2D eigenvalue weighted by molar-refractivity contribution is -0.121. The van der Waals surface area contributed by atoms with Crippen LogP contribution in [0.1, 0.15) is 38.8 Å². The quantitative estimate of drug-likeness (QED) is 0.588. The van der Waals surface area contributed by atoms with Gasteiger partial charge in [0.05, 0.1) is 0 Å². The standard InChI is InChI=1S/C21H21FN4O2S/c1-14-5-2-6-15(11-14)13-23-18(27)9-4-10-19-25-26-21(29-19)20(28)24-17-8-3-7-16(22)12-17/h2-3,5-8,11-12H,4,9-10,13H2,1H3,(H,23,27)(H,24,28). The molecular weight excluding hydrogens is 391 g/mol. The topological polar surface area (TPSA) is 84.0 Å². The maximum Gasteiger partial charge on any atom is 0.286 e. The summed E-state index contributed by atoms with van der Waals surface area (Å²) in [4.78, 5) is 24.2. The van der Waals surface area contributed by atoms with Crippen molar-refractivity contribution >= 4 is 28.8 Å². The van der Waals surface area contributed by atoms with E-state index in [4.69, 9.17) is 0 Å². The number of halogens is 1. The van der Waals surface area contributed by atoms with Gasteiger partial charge in [-0.1, -0.05) is 47.2 Å². The minimum Gasteiger partial charge on any atom is -0.352 e. The molecule has 0 bridgehead atoms. The number of nitrogens with zero attached hydrogens (tertiary/aromatic N) is 2. The Morgan fingerprint density at radius 3 is 2.72 bits per heavy atom. The lowest BCUT2D eigenvalue weighted by atomic mass is 10.1. The van der Waals surface area contributed by atoms with Gasteiger partial charge in [0.15, 0.2) is 0 Å². The van der Waals surface area contributed by atoms with E-state index in [9.17, 15) is 14.0 Å². The van der Waals surface area contributed by atoms with E-state index in [1.54, 1.807) is 6.07 Å². The third-order valence-electron chi connectivity index (χ3n) is 4.11. The molecule has 0 aliphatic heterocycles. The average molecular weight is 412 g/mol. The number of carbonyl (C=O) groups is 2. The molecule has 1 heterocycles. The van der Waals surface area contributed by atoms with Crippen molar-refractivity contribution in [3.05, 3.63) is 75.5 Å². The SMILES string of the molecule is Cc1cccc(CNC(=O)CCCc2nnc(C(=O)Nc3cccc(F)c3)s2)c1. The molecule has 0 fully saturated rings. The fourth-order valence-corrected chi connectivity index (χ4v) is 3.49. The van der Waals surface area contributed by atoms with Gasteiger partial charge >= 0.3 is 0 Å². The fourth-order valence-electron chi connectivity index (χ4n) is 2.71. The summed E-state index contributed by atoms with van der Waals surface area (Å²) in [5.74, 6) is -0.892. The van der Waals surface area contributed by atoms with Gasteiger partial charge in [-0.05, 0) is 37.1 Å². The first-order valence-electron chi connectivity index (χ1n) is 9.21. The Morgan fingerprint density at radius 1 is 1.10 bits per heavy atom. The van der Waals surface area contributed by atoms with Crippen LogP contribution in [0, 0.1) is 12.7 Å². The Hall–Kier alpha value is -3.13.